The molecule has 2 aliphatic heterocycles. The van der Waals surface area contributed by atoms with Crippen molar-refractivity contribution in [1.82, 2.24) is 15.1 Å². The van der Waals surface area contributed by atoms with E-state index in [2.05, 4.69) is 5.32 Å². The molecule has 0 aromatic heterocycles. The summed E-state index contributed by atoms with van der Waals surface area (Å²) < 4.78 is 10.6. The number of piperidine rings is 1. The zero-order chi connectivity index (χ0) is 21.8. The second-order valence-corrected chi connectivity index (χ2v) is 8.56. The maximum absolute atomic E-state index is 13.4. The molecule has 3 fully saturated rings. The number of benzene rings is 1. The summed E-state index contributed by atoms with van der Waals surface area (Å²) in [6.07, 6.45) is 3.40. The number of nitrogens with one attached hydrogen (secondary N) is 1. The number of hydrogen-bond donors (Lipinski definition) is 1. The van der Waals surface area contributed by atoms with Crippen molar-refractivity contribution in [3.8, 4) is 5.75 Å². The summed E-state index contributed by atoms with van der Waals surface area (Å²) in [6, 6.07) is 6.30. The minimum absolute atomic E-state index is 0.00634. The van der Waals surface area contributed by atoms with Crippen molar-refractivity contribution in [2.45, 2.75) is 31.7 Å². The average Bonchev–Trinajstić information content (AvgIpc) is 3.68. The largest absolute Gasteiger partial charge is 0.497 e. The first-order valence-corrected chi connectivity index (χ1v) is 11.2. The Bertz CT molecular complexity index is 811. The van der Waals surface area contributed by atoms with Gasteiger partial charge in [-0.05, 0) is 49.8 Å². The number of amides is 3. The van der Waals surface area contributed by atoms with Crippen LogP contribution in [0.1, 0.15) is 36.0 Å². The lowest BCUT2D eigenvalue weighted by molar-refractivity contribution is -0.140. The van der Waals surface area contributed by atoms with Crippen molar-refractivity contribution in [3.63, 3.8) is 0 Å². The minimum atomic E-state index is -0.616. The number of ether oxygens (including phenoxy) is 2. The smallest absolute Gasteiger partial charge is 0.252 e. The van der Waals surface area contributed by atoms with Crippen LogP contribution < -0.4 is 10.1 Å². The summed E-state index contributed by atoms with van der Waals surface area (Å²) in [5.74, 6) is 0.683. The molecular weight excluding hydrogens is 398 g/mol. The van der Waals surface area contributed by atoms with Crippen molar-refractivity contribution in [3.05, 3.63) is 29.8 Å². The standard InChI is InChI=1S/C23H31N3O5/c1-30-19-4-2-3-18(15-19)21(27)24-20(23(29)26-11-13-31-14-12-26)16-7-9-25(10-8-16)22(28)17-5-6-17/h2-4,15-17,20H,5-14H2,1H3,(H,24,27)/t20-/m0/s1. The van der Waals surface area contributed by atoms with E-state index in [0.717, 1.165) is 12.8 Å². The van der Waals surface area contributed by atoms with Gasteiger partial charge in [0.2, 0.25) is 11.8 Å². The number of methoxy groups -OCH3 is 1. The predicted molar refractivity (Wildman–Crippen MR) is 114 cm³/mol. The van der Waals surface area contributed by atoms with E-state index in [4.69, 9.17) is 9.47 Å². The van der Waals surface area contributed by atoms with E-state index in [1.54, 1.807) is 36.3 Å². The Morgan fingerprint density at radius 3 is 2.39 bits per heavy atom. The Morgan fingerprint density at radius 1 is 1.03 bits per heavy atom. The van der Waals surface area contributed by atoms with Gasteiger partial charge in [0, 0.05) is 37.7 Å². The maximum atomic E-state index is 13.4. The molecule has 4 rings (SSSR count). The van der Waals surface area contributed by atoms with Crippen molar-refractivity contribution >= 4 is 17.7 Å². The van der Waals surface area contributed by atoms with Crippen molar-refractivity contribution < 1.29 is 23.9 Å². The maximum Gasteiger partial charge on any atom is 0.252 e. The van der Waals surface area contributed by atoms with Crippen LogP contribution in [0.2, 0.25) is 0 Å². The highest BCUT2D eigenvalue weighted by atomic mass is 16.5. The Hall–Kier alpha value is -2.61. The number of carbonyl (C=O) groups excluding carboxylic acids is 3. The molecule has 8 heteroatoms. The van der Waals surface area contributed by atoms with Crippen molar-refractivity contribution in [2.24, 2.45) is 11.8 Å². The van der Waals surface area contributed by atoms with Gasteiger partial charge in [0.1, 0.15) is 11.8 Å². The van der Waals surface area contributed by atoms with E-state index in [0.29, 0.717) is 63.5 Å². The molecule has 3 amide bonds. The lowest BCUT2D eigenvalue weighted by atomic mass is 9.88. The molecule has 168 valence electrons. The van der Waals surface area contributed by atoms with Gasteiger partial charge in [-0.25, -0.2) is 0 Å². The first-order valence-electron chi connectivity index (χ1n) is 11.2. The van der Waals surface area contributed by atoms with E-state index in [-0.39, 0.29) is 29.6 Å². The minimum Gasteiger partial charge on any atom is -0.497 e. The van der Waals surface area contributed by atoms with Crippen LogP contribution in [0.15, 0.2) is 24.3 Å². The fourth-order valence-electron chi connectivity index (χ4n) is 4.39. The molecule has 3 aliphatic rings. The SMILES string of the molecule is COc1cccc(C(=O)N[C@H](C(=O)N2CCOCC2)C2CCN(C(=O)C3CC3)CC2)c1. The van der Waals surface area contributed by atoms with Crippen molar-refractivity contribution in [2.75, 3.05) is 46.5 Å². The van der Waals surface area contributed by atoms with Gasteiger partial charge in [-0.3, -0.25) is 14.4 Å². The van der Waals surface area contributed by atoms with Crippen LogP contribution in [0.3, 0.4) is 0 Å². The molecule has 0 spiro atoms. The highest BCUT2D eigenvalue weighted by Gasteiger charge is 2.39. The number of carbonyl (C=O) groups is 3. The Labute approximate surface area is 182 Å². The highest BCUT2D eigenvalue weighted by molar-refractivity contribution is 5.98. The molecular formula is C23H31N3O5. The van der Waals surface area contributed by atoms with Crippen molar-refractivity contribution in [1.29, 1.82) is 0 Å². The zero-order valence-electron chi connectivity index (χ0n) is 18.0. The first kappa shape index (κ1) is 21.6. The van der Waals surface area contributed by atoms with Gasteiger partial charge in [0.15, 0.2) is 0 Å². The quantitative estimate of drug-likeness (QED) is 0.737. The summed E-state index contributed by atoms with van der Waals surface area (Å²) >= 11 is 0. The molecule has 1 aromatic carbocycles. The third-order valence-corrected chi connectivity index (χ3v) is 6.46. The summed E-state index contributed by atoms with van der Waals surface area (Å²) in [5, 5.41) is 3.00. The number of likely N-dealkylation sites (tertiary alicyclic amines) is 1. The van der Waals surface area contributed by atoms with E-state index >= 15 is 0 Å². The van der Waals surface area contributed by atoms with Crippen LogP contribution in [0.5, 0.6) is 5.75 Å². The Balaban J connectivity index is 1.46. The van der Waals surface area contributed by atoms with Gasteiger partial charge in [0.25, 0.3) is 5.91 Å². The molecule has 31 heavy (non-hydrogen) atoms. The summed E-state index contributed by atoms with van der Waals surface area (Å²) in [4.78, 5) is 42.5. The monoisotopic (exact) mass is 429 g/mol. The lowest BCUT2D eigenvalue weighted by Gasteiger charge is -2.38. The molecule has 1 atom stereocenters. The molecule has 1 aliphatic carbocycles. The van der Waals surface area contributed by atoms with Crippen LogP contribution in [-0.4, -0.2) is 80.1 Å². The Morgan fingerprint density at radius 2 is 1.74 bits per heavy atom. The van der Waals surface area contributed by atoms with E-state index in [9.17, 15) is 14.4 Å². The second kappa shape index (κ2) is 9.68. The molecule has 2 heterocycles. The third kappa shape index (κ3) is 5.18. The highest BCUT2D eigenvalue weighted by Crippen LogP contribution is 2.33. The van der Waals surface area contributed by atoms with Gasteiger partial charge in [-0.15, -0.1) is 0 Å². The molecule has 1 saturated carbocycles. The summed E-state index contributed by atoms with van der Waals surface area (Å²) in [5.41, 5.74) is 0.459. The van der Waals surface area contributed by atoms with Crippen LogP contribution in [0.25, 0.3) is 0 Å². The van der Waals surface area contributed by atoms with E-state index in [1.165, 1.54) is 0 Å². The molecule has 1 aromatic rings. The van der Waals surface area contributed by atoms with E-state index < -0.39 is 6.04 Å². The summed E-state index contributed by atoms with van der Waals surface area (Å²) in [7, 11) is 1.55. The number of rotatable bonds is 6. The molecule has 0 unspecified atom stereocenters. The fourth-order valence-corrected chi connectivity index (χ4v) is 4.39. The number of hydrogen-bond acceptors (Lipinski definition) is 5. The molecule has 0 radical (unpaired) electrons. The van der Waals surface area contributed by atoms with Gasteiger partial charge < -0.3 is 24.6 Å². The van der Waals surface area contributed by atoms with Crippen LogP contribution >= 0.6 is 0 Å². The van der Waals surface area contributed by atoms with Crippen LogP contribution in [-0.2, 0) is 14.3 Å². The van der Waals surface area contributed by atoms with Gasteiger partial charge in [-0.1, -0.05) is 6.07 Å². The fraction of sp³-hybridized carbons (Fsp3) is 0.609. The number of morpholine rings is 1. The lowest BCUT2D eigenvalue weighted by Crippen LogP contribution is -2.56. The van der Waals surface area contributed by atoms with Gasteiger partial charge in [0.05, 0.1) is 20.3 Å². The summed E-state index contributed by atoms with van der Waals surface area (Å²) in [6.45, 7) is 3.36. The molecule has 8 nitrogen and oxygen atoms in total. The molecule has 2 saturated heterocycles. The molecule has 1 N–H and O–H groups in total. The van der Waals surface area contributed by atoms with E-state index in [1.807, 2.05) is 4.90 Å². The first-order chi connectivity index (χ1) is 15.1. The van der Waals surface area contributed by atoms with Crippen LogP contribution in [0.4, 0.5) is 0 Å². The molecule has 0 bridgehead atoms. The topological polar surface area (TPSA) is 88.2 Å². The van der Waals surface area contributed by atoms with Gasteiger partial charge >= 0.3 is 0 Å². The second-order valence-electron chi connectivity index (χ2n) is 8.56. The third-order valence-electron chi connectivity index (χ3n) is 6.46. The van der Waals surface area contributed by atoms with Crippen LogP contribution in [0, 0.1) is 11.8 Å². The zero-order valence-corrected chi connectivity index (χ0v) is 18.0. The average molecular weight is 430 g/mol. The Kier molecular flexibility index (Phi) is 6.75. The van der Waals surface area contributed by atoms with Gasteiger partial charge in [-0.2, -0.15) is 0 Å². The number of nitrogens with zero attached hydrogens (tertiary/aromatic N) is 2. The normalized spacial score (nSPS) is 20.8. The predicted octanol–water partition coefficient (Wildman–Crippen LogP) is 1.30.